The fraction of sp³-hybridized carbons (Fsp3) is 0.312. The Kier molecular flexibility index (Phi) is 4.94. The number of aryl methyl sites for hydroxylation is 1. The number of halogens is 1. The van der Waals surface area contributed by atoms with Crippen LogP contribution in [-0.2, 0) is 0 Å². The molecule has 0 fully saturated rings. The van der Waals surface area contributed by atoms with Gasteiger partial charge in [-0.1, -0.05) is 36.7 Å². The molecule has 0 aliphatic rings. The molecule has 0 saturated heterocycles. The summed E-state index contributed by atoms with van der Waals surface area (Å²) in [5.41, 5.74) is 3.44. The number of aromatic nitrogens is 1. The summed E-state index contributed by atoms with van der Waals surface area (Å²) < 4.78 is 0. The van der Waals surface area contributed by atoms with Gasteiger partial charge in [-0.05, 0) is 49.2 Å². The van der Waals surface area contributed by atoms with Crippen molar-refractivity contribution in [3.05, 3.63) is 64.4 Å². The minimum Gasteiger partial charge on any atom is -0.306 e. The highest BCUT2D eigenvalue weighted by Gasteiger charge is 2.15. The Morgan fingerprint density at radius 1 is 1.26 bits per heavy atom. The van der Waals surface area contributed by atoms with Crippen molar-refractivity contribution in [3.63, 3.8) is 0 Å². The summed E-state index contributed by atoms with van der Waals surface area (Å²) in [5, 5.41) is 4.34. The molecule has 1 aromatic heterocycles. The van der Waals surface area contributed by atoms with Crippen LogP contribution in [0.4, 0.5) is 0 Å². The quantitative estimate of drug-likeness (QED) is 0.887. The SMILES string of the molecule is CCCNC(c1cccc(Cl)c1)c1cccnc1C. The summed E-state index contributed by atoms with van der Waals surface area (Å²) in [4.78, 5) is 4.38. The zero-order chi connectivity index (χ0) is 13.7. The molecule has 2 rings (SSSR count). The van der Waals surface area contributed by atoms with E-state index in [0.717, 1.165) is 23.7 Å². The minimum absolute atomic E-state index is 0.146. The van der Waals surface area contributed by atoms with Gasteiger partial charge in [0, 0.05) is 16.9 Å². The smallest absolute Gasteiger partial charge is 0.0595 e. The van der Waals surface area contributed by atoms with Gasteiger partial charge in [0.2, 0.25) is 0 Å². The number of rotatable bonds is 5. The third-order valence-corrected chi connectivity index (χ3v) is 3.37. The second kappa shape index (κ2) is 6.69. The molecule has 0 bridgehead atoms. The van der Waals surface area contributed by atoms with Gasteiger partial charge in [0.15, 0.2) is 0 Å². The fourth-order valence-electron chi connectivity index (χ4n) is 2.18. The van der Waals surface area contributed by atoms with Crippen molar-refractivity contribution in [2.75, 3.05) is 6.54 Å². The first-order valence-corrected chi connectivity index (χ1v) is 7.00. The van der Waals surface area contributed by atoms with Gasteiger partial charge in [0.1, 0.15) is 0 Å². The molecule has 1 aromatic carbocycles. The summed E-state index contributed by atoms with van der Waals surface area (Å²) in [6.45, 7) is 5.17. The van der Waals surface area contributed by atoms with Crippen molar-refractivity contribution in [1.29, 1.82) is 0 Å². The number of nitrogens with one attached hydrogen (secondary N) is 1. The first-order chi connectivity index (χ1) is 9.22. The molecule has 0 saturated carbocycles. The van der Waals surface area contributed by atoms with Crippen molar-refractivity contribution in [1.82, 2.24) is 10.3 Å². The van der Waals surface area contributed by atoms with Gasteiger partial charge in [-0.25, -0.2) is 0 Å². The van der Waals surface area contributed by atoms with E-state index in [9.17, 15) is 0 Å². The Morgan fingerprint density at radius 3 is 2.79 bits per heavy atom. The molecular formula is C16H19ClN2. The number of benzene rings is 1. The van der Waals surface area contributed by atoms with E-state index in [0.29, 0.717) is 0 Å². The van der Waals surface area contributed by atoms with Crippen LogP contribution < -0.4 is 5.32 Å². The van der Waals surface area contributed by atoms with Crippen LogP contribution in [-0.4, -0.2) is 11.5 Å². The summed E-state index contributed by atoms with van der Waals surface area (Å²) in [6.07, 6.45) is 2.92. The lowest BCUT2D eigenvalue weighted by molar-refractivity contribution is 0.594. The number of hydrogen-bond acceptors (Lipinski definition) is 2. The lowest BCUT2D eigenvalue weighted by Crippen LogP contribution is -2.24. The molecule has 0 radical (unpaired) electrons. The number of nitrogens with zero attached hydrogens (tertiary/aromatic N) is 1. The van der Waals surface area contributed by atoms with Gasteiger partial charge in [-0.2, -0.15) is 0 Å². The van der Waals surface area contributed by atoms with Gasteiger partial charge in [0.05, 0.1) is 6.04 Å². The molecule has 2 aromatic rings. The van der Waals surface area contributed by atoms with E-state index in [-0.39, 0.29) is 6.04 Å². The summed E-state index contributed by atoms with van der Waals surface area (Å²) in [7, 11) is 0. The van der Waals surface area contributed by atoms with Crippen molar-refractivity contribution >= 4 is 11.6 Å². The molecule has 1 heterocycles. The lowest BCUT2D eigenvalue weighted by atomic mass is 9.97. The largest absolute Gasteiger partial charge is 0.306 e. The Balaban J connectivity index is 2.38. The molecule has 1 unspecified atom stereocenters. The van der Waals surface area contributed by atoms with Gasteiger partial charge in [-0.3, -0.25) is 4.98 Å². The lowest BCUT2D eigenvalue weighted by Gasteiger charge is -2.21. The van der Waals surface area contributed by atoms with Crippen molar-refractivity contribution in [3.8, 4) is 0 Å². The highest BCUT2D eigenvalue weighted by atomic mass is 35.5. The Labute approximate surface area is 119 Å². The summed E-state index contributed by atoms with van der Waals surface area (Å²) >= 11 is 6.11. The zero-order valence-corrected chi connectivity index (χ0v) is 12.1. The molecule has 3 heteroatoms. The zero-order valence-electron chi connectivity index (χ0n) is 11.4. The molecule has 0 amide bonds. The van der Waals surface area contributed by atoms with E-state index in [2.05, 4.69) is 29.4 Å². The molecule has 19 heavy (non-hydrogen) atoms. The Morgan fingerprint density at radius 2 is 2.11 bits per heavy atom. The molecule has 100 valence electrons. The maximum Gasteiger partial charge on any atom is 0.0595 e. The van der Waals surface area contributed by atoms with E-state index in [1.165, 1.54) is 11.1 Å². The maximum absolute atomic E-state index is 6.11. The van der Waals surface area contributed by atoms with Crippen LogP contribution >= 0.6 is 11.6 Å². The molecule has 0 aliphatic carbocycles. The van der Waals surface area contributed by atoms with E-state index in [4.69, 9.17) is 11.6 Å². The Hall–Kier alpha value is -1.38. The fourth-order valence-corrected chi connectivity index (χ4v) is 2.38. The van der Waals surface area contributed by atoms with E-state index < -0.39 is 0 Å². The van der Waals surface area contributed by atoms with Crippen LogP contribution in [0.15, 0.2) is 42.6 Å². The van der Waals surface area contributed by atoms with Gasteiger partial charge >= 0.3 is 0 Å². The molecule has 0 aliphatic heterocycles. The first-order valence-electron chi connectivity index (χ1n) is 6.62. The third kappa shape index (κ3) is 3.55. The van der Waals surface area contributed by atoms with E-state index in [1.807, 2.05) is 37.4 Å². The van der Waals surface area contributed by atoms with Crippen LogP contribution in [0.5, 0.6) is 0 Å². The number of hydrogen-bond donors (Lipinski definition) is 1. The average Bonchev–Trinajstić information content (AvgIpc) is 2.41. The maximum atomic E-state index is 6.11. The van der Waals surface area contributed by atoms with Gasteiger partial charge in [-0.15, -0.1) is 0 Å². The summed E-state index contributed by atoms with van der Waals surface area (Å²) in [6, 6.07) is 12.3. The van der Waals surface area contributed by atoms with Crippen LogP contribution in [0, 0.1) is 6.92 Å². The Bertz CT molecular complexity index is 540. The molecule has 1 atom stereocenters. The monoisotopic (exact) mass is 274 g/mol. The highest BCUT2D eigenvalue weighted by Crippen LogP contribution is 2.25. The predicted octanol–water partition coefficient (Wildman–Crippen LogP) is 4.13. The van der Waals surface area contributed by atoms with Crippen LogP contribution in [0.1, 0.15) is 36.2 Å². The second-order valence-corrected chi connectivity index (χ2v) is 5.06. The van der Waals surface area contributed by atoms with E-state index >= 15 is 0 Å². The molecule has 1 N–H and O–H groups in total. The molecular weight excluding hydrogens is 256 g/mol. The average molecular weight is 275 g/mol. The van der Waals surface area contributed by atoms with Crippen molar-refractivity contribution in [2.24, 2.45) is 0 Å². The van der Waals surface area contributed by atoms with Gasteiger partial charge in [0.25, 0.3) is 0 Å². The predicted molar refractivity (Wildman–Crippen MR) is 80.6 cm³/mol. The minimum atomic E-state index is 0.146. The molecule has 2 nitrogen and oxygen atoms in total. The van der Waals surface area contributed by atoms with E-state index in [1.54, 1.807) is 0 Å². The second-order valence-electron chi connectivity index (χ2n) is 4.62. The highest BCUT2D eigenvalue weighted by molar-refractivity contribution is 6.30. The van der Waals surface area contributed by atoms with Crippen LogP contribution in [0.25, 0.3) is 0 Å². The number of pyridine rings is 1. The van der Waals surface area contributed by atoms with Crippen LogP contribution in [0.3, 0.4) is 0 Å². The van der Waals surface area contributed by atoms with Crippen molar-refractivity contribution in [2.45, 2.75) is 26.3 Å². The molecule has 0 spiro atoms. The first kappa shape index (κ1) is 14.0. The topological polar surface area (TPSA) is 24.9 Å². The van der Waals surface area contributed by atoms with Crippen molar-refractivity contribution < 1.29 is 0 Å². The normalized spacial score (nSPS) is 12.4. The van der Waals surface area contributed by atoms with Crippen LogP contribution in [0.2, 0.25) is 5.02 Å². The van der Waals surface area contributed by atoms with Gasteiger partial charge < -0.3 is 5.32 Å². The standard InChI is InChI=1S/C16H19ClN2/c1-3-9-19-16(13-6-4-7-14(17)11-13)15-8-5-10-18-12(15)2/h4-8,10-11,16,19H,3,9H2,1-2H3. The summed E-state index contributed by atoms with van der Waals surface area (Å²) in [5.74, 6) is 0. The third-order valence-electron chi connectivity index (χ3n) is 3.14.